The van der Waals surface area contributed by atoms with Crippen LogP contribution in [0.25, 0.3) is 10.9 Å². The summed E-state index contributed by atoms with van der Waals surface area (Å²) in [5.41, 5.74) is 0.949. The van der Waals surface area contributed by atoms with Crippen molar-refractivity contribution >= 4 is 63.8 Å². The molecule has 1 unspecified atom stereocenters. The number of aliphatic hydroxyl groups excluding tert-OH is 2. The van der Waals surface area contributed by atoms with Gasteiger partial charge in [-0.2, -0.15) is 0 Å². The van der Waals surface area contributed by atoms with Crippen molar-refractivity contribution in [3.63, 3.8) is 0 Å². The number of hydrogen-bond donors (Lipinski definition) is 9. The lowest BCUT2D eigenvalue weighted by molar-refractivity contribution is -0.134. The fourth-order valence-corrected chi connectivity index (χ4v) is 6.01. The predicted octanol–water partition coefficient (Wildman–Crippen LogP) is -2.49. The summed E-state index contributed by atoms with van der Waals surface area (Å²) >= 11 is -1.59. The molecule has 0 saturated carbocycles. The number of rotatable bonds is 21. The summed E-state index contributed by atoms with van der Waals surface area (Å²) in [4.78, 5) is 90.7. The molecule has 1 aromatic heterocycles. The van der Waals surface area contributed by atoms with Gasteiger partial charge in [0.25, 0.3) is 0 Å². The van der Waals surface area contributed by atoms with Gasteiger partial charge in [0.15, 0.2) is 0 Å². The van der Waals surface area contributed by atoms with Crippen molar-refractivity contribution in [2.24, 2.45) is 11.8 Å². The van der Waals surface area contributed by atoms with Crippen LogP contribution >= 0.6 is 0 Å². The van der Waals surface area contributed by atoms with E-state index < -0.39 is 96.5 Å². The number of fused-ring (bicyclic) bond motifs is 1. The fraction of sp³-hybridized carbons (Fsp3) is 0.545. The molecule has 9 N–H and O–H groups in total. The number of aliphatic hydroxyl groups is 2. The second kappa shape index (κ2) is 21.0. The van der Waals surface area contributed by atoms with Crippen LogP contribution in [0.15, 0.2) is 23.2 Å². The third-order valence-electron chi connectivity index (χ3n) is 8.40. The summed E-state index contributed by atoms with van der Waals surface area (Å²) in [5.74, 6) is -5.29. The predicted molar refractivity (Wildman–Crippen MR) is 189 cm³/mol. The van der Waals surface area contributed by atoms with E-state index in [0.29, 0.717) is 34.9 Å². The molecule has 6 amide bonds. The molecular formula is C33H49N7O11S. The van der Waals surface area contributed by atoms with Gasteiger partial charge in [0.05, 0.1) is 45.0 Å². The molecule has 52 heavy (non-hydrogen) atoms. The third kappa shape index (κ3) is 12.5. The molecule has 2 rings (SSSR count). The molecule has 1 heterocycles. The Hall–Kier alpha value is -4.72. The topological polar surface area (TPSA) is 280 Å². The van der Waals surface area contributed by atoms with Crippen LogP contribution in [-0.2, 0) is 51.2 Å². The Bertz CT molecular complexity index is 1580. The number of benzene rings is 1. The SMILES string of the molecule is CC[C@H](C)[C@H](NC(=O)CNC(=O)[C@@H](Cc1c([S+](C)[O-])[nH]c2cc(OC)ccc12)NC(=O)[C@@H](NC(C)=O)[C@@H](C)[C@@H](O)CO)C(=O)NCC(=O)NCC=O. The van der Waals surface area contributed by atoms with Crippen molar-refractivity contribution < 1.29 is 53.1 Å². The Labute approximate surface area is 304 Å². The van der Waals surface area contributed by atoms with Crippen LogP contribution < -0.4 is 36.6 Å². The van der Waals surface area contributed by atoms with E-state index in [0.717, 1.165) is 6.92 Å². The van der Waals surface area contributed by atoms with E-state index in [4.69, 9.17) is 4.74 Å². The molecule has 2 aromatic rings. The summed E-state index contributed by atoms with van der Waals surface area (Å²) in [6.45, 7) is 4.04. The van der Waals surface area contributed by atoms with Crippen molar-refractivity contribution in [3.05, 3.63) is 23.8 Å². The van der Waals surface area contributed by atoms with E-state index in [1.165, 1.54) is 20.3 Å². The number of hydrogen-bond acceptors (Lipinski definition) is 11. The molecule has 0 fully saturated rings. The molecule has 19 heteroatoms. The van der Waals surface area contributed by atoms with Gasteiger partial charge in [0, 0.05) is 47.5 Å². The molecule has 288 valence electrons. The highest BCUT2D eigenvalue weighted by atomic mass is 32.2. The van der Waals surface area contributed by atoms with Gasteiger partial charge in [0.1, 0.15) is 36.4 Å². The fourth-order valence-electron chi connectivity index (χ4n) is 5.22. The lowest BCUT2D eigenvalue weighted by Gasteiger charge is -2.29. The van der Waals surface area contributed by atoms with Crippen LogP contribution in [0.4, 0.5) is 0 Å². The molecule has 18 nitrogen and oxygen atoms in total. The molecule has 0 radical (unpaired) electrons. The van der Waals surface area contributed by atoms with Crippen molar-refractivity contribution in [3.8, 4) is 5.75 Å². The standard InChI is InChI=1S/C33H49N7O11S/c1-7-17(2)28(31(48)36-14-26(45)34-10-11-41)40-27(46)15-35-30(47)24(38-32(49)29(37-19(4)43)18(3)25(44)16-42)13-22-21-9-8-20(51-5)12-23(21)39-33(22)52(6)50/h8-9,11-12,17-18,24-25,28-29,39,42,44H,7,10,13-16H2,1-6H3,(H,34,45)(H,35,47)(H,36,48)(H,37,43)(H,38,49)(H,40,46)/t17-,18-,24+,25-,28-,29-,52?/m0/s1. The Kier molecular flexibility index (Phi) is 17.5. The number of H-pyrrole nitrogens is 1. The Morgan fingerprint density at radius 1 is 0.962 bits per heavy atom. The van der Waals surface area contributed by atoms with Crippen molar-refractivity contribution in [1.82, 2.24) is 36.9 Å². The average molecular weight is 752 g/mol. The molecule has 0 spiro atoms. The Balaban J connectivity index is 2.39. The van der Waals surface area contributed by atoms with E-state index in [1.54, 1.807) is 32.0 Å². The molecular weight excluding hydrogens is 702 g/mol. The highest BCUT2D eigenvalue weighted by Gasteiger charge is 2.35. The van der Waals surface area contributed by atoms with E-state index in [2.05, 4.69) is 36.9 Å². The molecule has 0 saturated heterocycles. The van der Waals surface area contributed by atoms with Crippen LogP contribution in [0, 0.1) is 11.8 Å². The minimum atomic E-state index is -1.59. The highest BCUT2D eigenvalue weighted by Crippen LogP contribution is 2.30. The monoisotopic (exact) mass is 751 g/mol. The number of ether oxygens (including phenoxy) is 1. The van der Waals surface area contributed by atoms with Crippen molar-refractivity contribution in [2.45, 2.75) is 69.8 Å². The number of nitrogens with one attached hydrogen (secondary N) is 7. The van der Waals surface area contributed by atoms with E-state index >= 15 is 0 Å². The van der Waals surface area contributed by atoms with Crippen molar-refractivity contribution in [2.75, 3.05) is 39.6 Å². The summed E-state index contributed by atoms with van der Waals surface area (Å²) in [6.07, 6.45) is 0.728. The number of aromatic amines is 1. The minimum Gasteiger partial charge on any atom is -0.610 e. The smallest absolute Gasteiger partial charge is 0.243 e. The Morgan fingerprint density at radius 3 is 2.19 bits per heavy atom. The van der Waals surface area contributed by atoms with E-state index in [1.807, 2.05) is 0 Å². The zero-order valence-corrected chi connectivity index (χ0v) is 30.8. The number of aldehydes is 1. The summed E-state index contributed by atoms with van der Waals surface area (Å²) in [6, 6.07) is 1.10. The van der Waals surface area contributed by atoms with Gasteiger partial charge in [-0.05, 0) is 18.1 Å². The first-order chi connectivity index (χ1) is 24.6. The summed E-state index contributed by atoms with van der Waals surface area (Å²) < 4.78 is 18.1. The maximum absolute atomic E-state index is 13.8. The second-order valence-corrected chi connectivity index (χ2v) is 13.5. The first-order valence-corrected chi connectivity index (χ1v) is 18.1. The molecule has 1 aromatic carbocycles. The Morgan fingerprint density at radius 2 is 1.62 bits per heavy atom. The maximum Gasteiger partial charge on any atom is 0.243 e. The van der Waals surface area contributed by atoms with Gasteiger partial charge in [-0.25, -0.2) is 0 Å². The van der Waals surface area contributed by atoms with Gasteiger partial charge in [-0.15, -0.1) is 0 Å². The van der Waals surface area contributed by atoms with Crippen molar-refractivity contribution in [1.29, 1.82) is 0 Å². The molecule has 0 aliphatic heterocycles. The van der Waals surface area contributed by atoms with E-state index in [-0.39, 0.29) is 23.9 Å². The average Bonchev–Trinajstić information content (AvgIpc) is 3.49. The zero-order chi connectivity index (χ0) is 39.1. The lowest BCUT2D eigenvalue weighted by atomic mass is 9.94. The van der Waals surface area contributed by atoms with Crippen LogP contribution in [0.3, 0.4) is 0 Å². The second-order valence-electron chi connectivity index (χ2n) is 12.2. The van der Waals surface area contributed by atoms with Gasteiger partial charge in [-0.3, -0.25) is 28.8 Å². The first kappa shape index (κ1) is 43.4. The first-order valence-electron chi connectivity index (χ1n) is 16.5. The molecule has 0 aliphatic rings. The largest absolute Gasteiger partial charge is 0.610 e. The lowest BCUT2D eigenvalue weighted by Crippen LogP contribution is -2.58. The van der Waals surface area contributed by atoms with Crippen LogP contribution in [-0.4, -0.2) is 125 Å². The number of aromatic nitrogens is 1. The van der Waals surface area contributed by atoms with Gasteiger partial charge >= 0.3 is 0 Å². The zero-order valence-electron chi connectivity index (χ0n) is 30.0. The van der Waals surface area contributed by atoms with Crippen LogP contribution in [0.2, 0.25) is 0 Å². The molecule has 7 atom stereocenters. The quantitative estimate of drug-likeness (QED) is 0.0476. The number of carbonyl (C=O) groups excluding carboxylic acids is 7. The number of methoxy groups -OCH3 is 1. The van der Waals surface area contributed by atoms with Crippen LogP contribution in [0.5, 0.6) is 5.75 Å². The van der Waals surface area contributed by atoms with Gasteiger partial charge in [0.2, 0.25) is 40.5 Å². The normalized spacial score (nSPS) is 15.1. The number of amides is 6. The third-order valence-corrected chi connectivity index (χ3v) is 9.33. The number of carbonyl (C=O) groups is 7. The molecule has 0 bridgehead atoms. The van der Waals surface area contributed by atoms with Crippen LogP contribution in [0.1, 0.15) is 39.7 Å². The maximum atomic E-state index is 13.8. The van der Waals surface area contributed by atoms with E-state index in [9.17, 15) is 48.3 Å². The molecule has 0 aliphatic carbocycles. The summed E-state index contributed by atoms with van der Waals surface area (Å²) in [5, 5.41) is 35.3. The highest BCUT2D eigenvalue weighted by molar-refractivity contribution is 7.90. The van der Waals surface area contributed by atoms with Gasteiger partial charge < -0.3 is 61.2 Å². The summed E-state index contributed by atoms with van der Waals surface area (Å²) in [7, 11) is 1.48. The minimum absolute atomic E-state index is 0.231. The van der Waals surface area contributed by atoms with Gasteiger partial charge in [-0.1, -0.05) is 27.2 Å².